The van der Waals surface area contributed by atoms with Gasteiger partial charge in [-0.1, -0.05) is 71.7 Å². The van der Waals surface area contributed by atoms with Gasteiger partial charge >= 0.3 is 0 Å². The number of benzene rings is 4. The van der Waals surface area contributed by atoms with Crippen LogP contribution >= 0.6 is 23.2 Å². The minimum absolute atomic E-state index is 0.0160. The van der Waals surface area contributed by atoms with E-state index in [4.69, 9.17) is 42.1 Å². The molecule has 72 heavy (non-hydrogen) atoms. The van der Waals surface area contributed by atoms with E-state index in [1.807, 2.05) is 123 Å². The molecule has 0 aliphatic rings. The Morgan fingerprint density at radius 3 is 1.31 bits per heavy atom. The van der Waals surface area contributed by atoms with Crippen LogP contribution in [0.1, 0.15) is 58.4 Å². The molecule has 4 heterocycles. The molecule has 8 rings (SSSR count). The first-order valence-corrected chi connectivity index (χ1v) is 24.5. The summed E-state index contributed by atoms with van der Waals surface area (Å²) in [5.74, 6) is 3.64. The number of likely N-dealkylation sites (N-methyl/N-ethyl adjacent to an activating group) is 2. The fourth-order valence-electron chi connectivity index (χ4n) is 8.00. The number of aliphatic hydroxyl groups is 2. The maximum atomic E-state index is 9.86. The average molecular weight is 1010 g/mol. The zero-order chi connectivity index (χ0) is 50.7. The summed E-state index contributed by atoms with van der Waals surface area (Å²) in [6.07, 6.45) is 10.7. The highest BCUT2D eigenvalue weighted by Crippen LogP contribution is 2.38. The van der Waals surface area contributed by atoms with E-state index >= 15 is 0 Å². The van der Waals surface area contributed by atoms with Crippen LogP contribution in [0.15, 0.2) is 134 Å². The van der Waals surface area contributed by atoms with Gasteiger partial charge in [0.1, 0.15) is 49.4 Å². The van der Waals surface area contributed by atoms with E-state index in [1.165, 1.54) is 0 Å². The number of pyridine rings is 2. The van der Waals surface area contributed by atoms with Gasteiger partial charge in [-0.15, -0.1) is 0 Å². The van der Waals surface area contributed by atoms with Crippen molar-refractivity contribution in [3.05, 3.63) is 189 Å². The van der Waals surface area contributed by atoms with E-state index in [0.29, 0.717) is 57.8 Å². The molecule has 4 aromatic carbocycles. The molecule has 374 valence electrons. The lowest BCUT2D eigenvalue weighted by molar-refractivity contribution is 0.152. The second-order valence-corrected chi connectivity index (χ2v) is 18.8. The Labute approximate surface area is 430 Å². The molecular formula is C56H60Cl2N8O6. The van der Waals surface area contributed by atoms with Crippen LogP contribution in [-0.2, 0) is 39.5 Å². The quantitative estimate of drug-likeness (QED) is 0.0629. The number of aromatic nitrogens is 6. The lowest BCUT2D eigenvalue weighted by atomic mass is 9.92. The van der Waals surface area contributed by atoms with Crippen LogP contribution in [0.4, 0.5) is 0 Å². The number of hydrogen-bond donors (Lipinski definition) is 2. The molecular weight excluding hydrogens is 952 g/mol. The minimum atomic E-state index is -0.0726. The number of aliphatic hydroxyl groups excluding tert-OH is 2. The van der Waals surface area contributed by atoms with Gasteiger partial charge in [0.05, 0.1) is 23.3 Å². The Bertz CT molecular complexity index is 2820. The Kier molecular flexibility index (Phi) is 17.3. The first-order valence-electron chi connectivity index (χ1n) is 23.7. The van der Waals surface area contributed by atoms with E-state index in [1.54, 1.807) is 34.2 Å². The van der Waals surface area contributed by atoms with E-state index in [2.05, 4.69) is 58.3 Å². The molecule has 2 unspecified atom stereocenters. The zero-order valence-electron chi connectivity index (χ0n) is 41.4. The summed E-state index contributed by atoms with van der Waals surface area (Å²) in [6.45, 7) is 10.2. The van der Waals surface area contributed by atoms with Crippen LogP contribution < -0.4 is 18.9 Å². The number of ether oxygens (including phenoxy) is 4. The predicted molar refractivity (Wildman–Crippen MR) is 280 cm³/mol. The van der Waals surface area contributed by atoms with Crippen LogP contribution in [0, 0.1) is 13.8 Å². The largest absolute Gasteiger partial charge is 0.488 e. The van der Waals surface area contributed by atoms with Crippen molar-refractivity contribution in [3.63, 3.8) is 0 Å². The highest BCUT2D eigenvalue weighted by molar-refractivity contribution is 6.32. The Balaban J connectivity index is 0.976. The van der Waals surface area contributed by atoms with Gasteiger partial charge in [-0.05, 0) is 112 Å². The van der Waals surface area contributed by atoms with Gasteiger partial charge in [0.25, 0.3) is 0 Å². The molecule has 14 nitrogen and oxygen atoms in total. The predicted octanol–water partition coefficient (Wildman–Crippen LogP) is 10.4. The van der Waals surface area contributed by atoms with Gasteiger partial charge in [-0.3, -0.25) is 9.80 Å². The van der Waals surface area contributed by atoms with Crippen LogP contribution in [0.3, 0.4) is 0 Å². The fourth-order valence-corrected chi connectivity index (χ4v) is 8.48. The summed E-state index contributed by atoms with van der Waals surface area (Å²) in [5, 5.41) is 29.2. The third kappa shape index (κ3) is 12.6. The summed E-state index contributed by atoms with van der Waals surface area (Å²) < 4.78 is 29.3. The van der Waals surface area contributed by atoms with Gasteiger partial charge in [0.2, 0.25) is 0 Å². The first-order chi connectivity index (χ1) is 34.9. The van der Waals surface area contributed by atoms with Crippen LogP contribution in [0.5, 0.6) is 23.0 Å². The monoisotopic (exact) mass is 1010 g/mol. The lowest BCUT2D eigenvalue weighted by Crippen LogP contribution is -2.31. The Morgan fingerprint density at radius 2 is 0.944 bits per heavy atom. The number of hydrogen-bond acceptors (Lipinski definition) is 12. The summed E-state index contributed by atoms with van der Waals surface area (Å²) in [7, 11) is 3.91. The van der Waals surface area contributed by atoms with Crippen LogP contribution in [0.2, 0.25) is 10.0 Å². The maximum absolute atomic E-state index is 9.86. The molecule has 4 aromatic heterocycles. The third-order valence-corrected chi connectivity index (χ3v) is 13.5. The highest BCUT2D eigenvalue weighted by atomic mass is 35.5. The van der Waals surface area contributed by atoms with Crippen molar-refractivity contribution in [1.29, 1.82) is 0 Å². The molecule has 0 radical (unpaired) electrons. The molecule has 8 aromatic rings. The van der Waals surface area contributed by atoms with Crippen LogP contribution in [-0.4, -0.2) is 88.9 Å². The molecule has 2 atom stereocenters. The molecule has 0 amide bonds. The Hall–Kier alpha value is -6.78. The second kappa shape index (κ2) is 24.1. The van der Waals surface area contributed by atoms with Gasteiger partial charge in [-0.2, -0.15) is 10.2 Å². The summed E-state index contributed by atoms with van der Waals surface area (Å²) in [4.78, 5) is 13.2. The van der Waals surface area contributed by atoms with Gasteiger partial charge in [0, 0.05) is 96.7 Å². The van der Waals surface area contributed by atoms with Crippen molar-refractivity contribution in [2.24, 2.45) is 0 Å². The second-order valence-electron chi connectivity index (χ2n) is 18.0. The van der Waals surface area contributed by atoms with Crippen molar-refractivity contribution in [1.82, 2.24) is 39.3 Å². The molecule has 0 aliphatic carbocycles. The number of rotatable bonds is 23. The molecule has 0 bridgehead atoms. The van der Waals surface area contributed by atoms with Crippen molar-refractivity contribution < 1.29 is 29.2 Å². The fraction of sp³-hybridized carbons (Fsp3) is 0.286. The smallest absolute Gasteiger partial charge is 0.153 e. The van der Waals surface area contributed by atoms with Crippen molar-refractivity contribution in [3.8, 4) is 45.8 Å². The van der Waals surface area contributed by atoms with Gasteiger partial charge in [0.15, 0.2) is 11.6 Å². The zero-order valence-corrected chi connectivity index (χ0v) is 42.9. The first kappa shape index (κ1) is 51.6. The third-order valence-electron chi connectivity index (χ3n) is 12.9. The van der Waals surface area contributed by atoms with Gasteiger partial charge < -0.3 is 29.2 Å². The molecule has 0 saturated heterocycles. The number of halogens is 2. The van der Waals surface area contributed by atoms with Gasteiger partial charge in [-0.25, -0.2) is 19.3 Å². The SMILES string of the molecule is Cc1c(COc2cc(OCc3ccc(-n4cccn4)nc3)c(CN(C)C(C)CO)cc2Cl)cccc1-c1cccc(COc2cc(OCc3ccc(-n4cccn4)nc3)c(CN(C)C(C)CO)cc2Cl)c1C. The molecule has 0 fully saturated rings. The molecule has 0 saturated carbocycles. The molecule has 2 N–H and O–H groups in total. The van der Waals surface area contributed by atoms with E-state index in [-0.39, 0.29) is 51.7 Å². The number of nitrogens with zero attached hydrogens (tertiary/aromatic N) is 8. The molecule has 16 heteroatoms. The highest BCUT2D eigenvalue weighted by Gasteiger charge is 2.20. The molecule has 0 spiro atoms. The lowest BCUT2D eigenvalue weighted by Gasteiger charge is -2.25. The topological polar surface area (TPSA) is 145 Å². The maximum Gasteiger partial charge on any atom is 0.153 e. The summed E-state index contributed by atoms with van der Waals surface area (Å²) in [6, 6.07) is 31.2. The van der Waals surface area contributed by atoms with Crippen molar-refractivity contribution >= 4 is 23.2 Å². The van der Waals surface area contributed by atoms with E-state index in [0.717, 1.165) is 55.6 Å². The Morgan fingerprint density at radius 1 is 0.528 bits per heavy atom. The van der Waals surface area contributed by atoms with Crippen molar-refractivity contribution in [2.75, 3.05) is 27.3 Å². The summed E-state index contributed by atoms with van der Waals surface area (Å²) >= 11 is 13.9. The average Bonchev–Trinajstić information content (AvgIpc) is 4.15. The molecule has 0 aliphatic heterocycles. The normalized spacial score (nSPS) is 12.3. The summed E-state index contributed by atoms with van der Waals surface area (Å²) in [5.41, 5.74) is 9.77. The van der Waals surface area contributed by atoms with E-state index in [9.17, 15) is 10.2 Å². The van der Waals surface area contributed by atoms with Crippen molar-refractivity contribution in [2.45, 2.75) is 79.3 Å². The van der Waals surface area contributed by atoms with E-state index < -0.39 is 0 Å². The standard InChI is InChI=1S/C56H60Cl2N8O6/c1-37(31-67)63(5)29-45-23-49(57)53(25-51(45)69-33-41-15-17-55(59-27-41)65-21-9-19-61-65)71-35-43-11-7-13-47(39(43)3)48-14-8-12-44(40(48)4)36-72-54-26-52(46(24-50(54)58)30-64(6)38(2)32-68)70-34-42-16-18-56(60-28-42)66-22-10-20-62-66/h7-28,37-38,67-68H,29-36H2,1-6H3. The van der Waals surface area contributed by atoms with Crippen LogP contribution in [0.25, 0.3) is 22.8 Å². The minimum Gasteiger partial charge on any atom is -0.488 e.